The van der Waals surface area contributed by atoms with Crippen molar-refractivity contribution in [2.45, 2.75) is 57.4 Å². The van der Waals surface area contributed by atoms with Crippen LogP contribution in [-0.2, 0) is 11.2 Å². The smallest absolute Gasteiger partial charge is 0.220 e. The van der Waals surface area contributed by atoms with Crippen LogP contribution in [0.2, 0.25) is 0 Å². The molecular formula is C19H29NO3. The number of hydrogen-bond acceptors (Lipinski definition) is 3. The number of benzene rings is 1. The Morgan fingerprint density at radius 3 is 2.65 bits per heavy atom. The van der Waals surface area contributed by atoms with Gasteiger partial charge < -0.3 is 15.2 Å². The Morgan fingerprint density at radius 1 is 1.22 bits per heavy atom. The molecule has 2 rings (SSSR count). The van der Waals surface area contributed by atoms with Gasteiger partial charge in [-0.15, -0.1) is 0 Å². The molecule has 1 fully saturated rings. The second-order valence-corrected chi connectivity index (χ2v) is 6.46. The fourth-order valence-electron chi connectivity index (χ4n) is 3.32. The lowest BCUT2D eigenvalue weighted by molar-refractivity contribution is -0.122. The van der Waals surface area contributed by atoms with Crippen LogP contribution in [0.15, 0.2) is 24.3 Å². The summed E-state index contributed by atoms with van der Waals surface area (Å²) < 4.78 is 5.14. The zero-order valence-corrected chi connectivity index (χ0v) is 14.1. The molecule has 23 heavy (non-hydrogen) atoms. The lowest BCUT2D eigenvalue weighted by Crippen LogP contribution is -2.41. The molecule has 0 radical (unpaired) electrons. The molecular weight excluding hydrogens is 290 g/mol. The minimum absolute atomic E-state index is 0.115. The number of nitrogens with one attached hydrogen (secondary N) is 1. The minimum Gasteiger partial charge on any atom is -0.497 e. The lowest BCUT2D eigenvalue weighted by atomic mass is 9.95. The van der Waals surface area contributed by atoms with Crippen LogP contribution < -0.4 is 10.1 Å². The highest BCUT2D eigenvalue weighted by Gasteiger charge is 2.24. The molecule has 0 aliphatic heterocycles. The highest BCUT2D eigenvalue weighted by Crippen LogP contribution is 2.23. The van der Waals surface area contributed by atoms with Crippen molar-refractivity contribution in [2.24, 2.45) is 5.92 Å². The van der Waals surface area contributed by atoms with Crippen LogP contribution in [0, 0.1) is 5.92 Å². The van der Waals surface area contributed by atoms with Gasteiger partial charge >= 0.3 is 0 Å². The first-order valence-corrected chi connectivity index (χ1v) is 8.76. The van der Waals surface area contributed by atoms with E-state index in [-0.39, 0.29) is 24.5 Å². The maximum absolute atomic E-state index is 12.2. The van der Waals surface area contributed by atoms with E-state index in [4.69, 9.17) is 4.74 Å². The summed E-state index contributed by atoms with van der Waals surface area (Å²) in [6.45, 7) is 0.177. The van der Waals surface area contributed by atoms with Crippen molar-refractivity contribution in [3.05, 3.63) is 29.8 Å². The van der Waals surface area contributed by atoms with Crippen molar-refractivity contribution < 1.29 is 14.6 Å². The zero-order valence-electron chi connectivity index (χ0n) is 14.1. The number of aliphatic hydroxyl groups is 1. The van der Waals surface area contributed by atoms with Gasteiger partial charge in [0, 0.05) is 25.0 Å². The molecule has 1 amide bonds. The average Bonchev–Trinajstić information content (AvgIpc) is 2.80. The number of carbonyl (C=O) groups excluding carboxylic acids is 1. The molecule has 4 nitrogen and oxygen atoms in total. The molecule has 0 bridgehead atoms. The highest BCUT2D eigenvalue weighted by atomic mass is 16.5. The van der Waals surface area contributed by atoms with Crippen molar-refractivity contribution in [1.29, 1.82) is 0 Å². The van der Waals surface area contributed by atoms with Gasteiger partial charge in [0.05, 0.1) is 7.11 Å². The van der Waals surface area contributed by atoms with Crippen molar-refractivity contribution in [2.75, 3.05) is 13.7 Å². The summed E-state index contributed by atoms with van der Waals surface area (Å²) in [5, 5.41) is 12.7. The van der Waals surface area contributed by atoms with E-state index in [0.717, 1.165) is 44.3 Å². The Labute approximate surface area is 139 Å². The molecule has 0 heterocycles. The Balaban J connectivity index is 1.73. The van der Waals surface area contributed by atoms with Crippen molar-refractivity contribution >= 4 is 5.91 Å². The number of aryl methyl sites for hydroxylation is 1. The van der Waals surface area contributed by atoms with Crippen LogP contribution in [0.1, 0.15) is 50.5 Å². The Bertz CT molecular complexity index is 472. The third-order valence-electron chi connectivity index (χ3n) is 4.77. The number of carbonyl (C=O) groups is 1. The van der Waals surface area contributed by atoms with Crippen LogP contribution in [0.5, 0.6) is 5.75 Å². The number of amides is 1. The molecule has 0 spiro atoms. The van der Waals surface area contributed by atoms with Crippen molar-refractivity contribution in [3.63, 3.8) is 0 Å². The molecule has 1 saturated carbocycles. The molecule has 1 aliphatic carbocycles. The van der Waals surface area contributed by atoms with Gasteiger partial charge in [0.25, 0.3) is 0 Å². The summed E-state index contributed by atoms with van der Waals surface area (Å²) in [5.41, 5.74) is 1.22. The second-order valence-electron chi connectivity index (χ2n) is 6.46. The molecule has 0 saturated heterocycles. The van der Waals surface area contributed by atoms with Gasteiger partial charge in [-0.25, -0.2) is 0 Å². The summed E-state index contributed by atoms with van der Waals surface area (Å²) in [4.78, 5) is 12.2. The highest BCUT2D eigenvalue weighted by molar-refractivity contribution is 5.76. The Kier molecular flexibility index (Phi) is 7.40. The number of ether oxygens (including phenoxy) is 1. The quantitative estimate of drug-likeness (QED) is 0.759. The monoisotopic (exact) mass is 319 g/mol. The Morgan fingerprint density at radius 2 is 1.96 bits per heavy atom. The molecule has 1 aromatic carbocycles. The van der Waals surface area contributed by atoms with Gasteiger partial charge in [0.2, 0.25) is 5.91 Å². The maximum Gasteiger partial charge on any atom is 0.220 e. The van der Waals surface area contributed by atoms with Crippen LogP contribution in [0.3, 0.4) is 0 Å². The van der Waals surface area contributed by atoms with Gasteiger partial charge in [-0.05, 0) is 43.4 Å². The normalized spacial score (nSPS) is 21.5. The lowest BCUT2D eigenvalue weighted by Gasteiger charge is -2.24. The minimum atomic E-state index is 0.115. The summed E-state index contributed by atoms with van der Waals surface area (Å²) in [7, 11) is 1.66. The molecule has 1 aromatic rings. The first-order chi connectivity index (χ1) is 11.2. The largest absolute Gasteiger partial charge is 0.497 e. The fraction of sp³-hybridized carbons (Fsp3) is 0.632. The van der Waals surface area contributed by atoms with Crippen molar-refractivity contribution in [3.8, 4) is 5.75 Å². The van der Waals surface area contributed by atoms with E-state index in [1.807, 2.05) is 24.3 Å². The molecule has 0 aromatic heterocycles. The van der Waals surface area contributed by atoms with Gasteiger partial charge in [-0.1, -0.05) is 31.4 Å². The first-order valence-electron chi connectivity index (χ1n) is 8.76. The summed E-state index contributed by atoms with van der Waals surface area (Å²) in [5.74, 6) is 1.20. The van der Waals surface area contributed by atoms with Crippen LogP contribution in [-0.4, -0.2) is 30.8 Å². The van der Waals surface area contributed by atoms with E-state index in [1.54, 1.807) is 7.11 Å². The predicted molar refractivity (Wildman–Crippen MR) is 91.5 cm³/mol. The van der Waals surface area contributed by atoms with Gasteiger partial charge in [0.1, 0.15) is 5.75 Å². The van der Waals surface area contributed by atoms with Crippen LogP contribution in [0.25, 0.3) is 0 Å². The number of aliphatic hydroxyl groups excluding tert-OH is 1. The van der Waals surface area contributed by atoms with E-state index < -0.39 is 0 Å². The fourth-order valence-corrected chi connectivity index (χ4v) is 3.32. The maximum atomic E-state index is 12.2. The van der Waals surface area contributed by atoms with E-state index >= 15 is 0 Å². The zero-order chi connectivity index (χ0) is 16.5. The second kappa shape index (κ2) is 9.56. The van der Waals surface area contributed by atoms with Gasteiger partial charge in [-0.2, -0.15) is 0 Å². The summed E-state index contributed by atoms with van der Waals surface area (Å²) in [6.07, 6.45) is 7.81. The molecule has 128 valence electrons. The SMILES string of the molecule is COc1ccc(CCCC(=O)NC2CCCCCC2CO)cc1. The van der Waals surface area contributed by atoms with Crippen molar-refractivity contribution in [1.82, 2.24) is 5.32 Å². The third-order valence-corrected chi connectivity index (χ3v) is 4.77. The number of rotatable bonds is 7. The summed E-state index contributed by atoms with van der Waals surface area (Å²) in [6, 6.07) is 8.14. The number of methoxy groups -OCH3 is 1. The van der Waals surface area contributed by atoms with E-state index in [9.17, 15) is 9.90 Å². The Hall–Kier alpha value is -1.55. The third kappa shape index (κ3) is 5.87. The molecule has 1 aliphatic rings. The molecule has 4 heteroatoms. The standard InChI is InChI=1S/C19H29NO3/c1-23-17-12-10-15(11-13-17)6-5-9-19(22)20-18-8-4-2-3-7-16(18)14-21/h10-13,16,18,21H,2-9,14H2,1H3,(H,20,22). The molecule has 2 atom stereocenters. The average molecular weight is 319 g/mol. The number of hydrogen-bond donors (Lipinski definition) is 2. The molecule has 2 N–H and O–H groups in total. The van der Waals surface area contributed by atoms with Gasteiger partial charge in [0.15, 0.2) is 0 Å². The first kappa shape index (κ1) is 17.8. The topological polar surface area (TPSA) is 58.6 Å². The van der Waals surface area contributed by atoms with E-state index in [1.165, 1.54) is 12.0 Å². The van der Waals surface area contributed by atoms with Crippen LogP contribution >= 0.6 is 0 Å². The van der Waals surface area contributed by atoms with Gasteiger partial charge in [-0.3, -0.25) is 4.79 Å². The predicted octanol–water partition coefficient (Wildman–Crippen LogP) is 3.08. The van der Waals surface area contributed by atoms with Crippen LogP contribution in [0.4, 0.5) is 0 Å². The molecule has 2 unspecified atom stereocenters. The van der Waals surface area contributed by atoms with E-state index in [2.05, 4.69) is 5.32 Å². The summed E-state index contributed by atoms with van der Waals surface area (Å²) >= 11 is 0. The van der Waals surface area contributed by atoms with E-state index in [0.29, 0.717) is 6.42 Å².